The minimum atomic E-state index is -0.582. The highest BCUT2D eigenvalue weighted by Gasteiger charge is 2.15. The van der Waals surface area contributed by atoms with E-state index in [1.54, 1.807) is 12.1 Å². The van der Waals surface area contributed by atoms with Gasteiger partial charge in [-0.05, 0) is 40.8 Å². The smallest absolute Gasteiger partial charge is 0.174 e. The first-order valence-corrected chi connectivity index (χ1v) is 6.97. The molecular weight excluding hydrogens is 265 g/mol. The molecule has 0 saturated carbocycles. The predicted octanol–water partition coefficient (Wildman–Crippen LogP) is 4.98. The van der Waals surface area contributed by atoms with Crippen LogP contribution in [0.15, 0.2) is 42.5 Å². The second kappa shape index (κ2) is 4.62. The fourth-order valence-corrected chi connectivity index (χ4v) is 2.47. The van der Waals surface area contributed by atoms with Crippen LogP contribution in [0.25, 0.3) is 22.2 Å². The van der Waals surface area contributed by atoms with Crippen molar-refractivity contribution in [2.45, 2.75) is 26.2 Å². The lowest BCUT2D eigenvalue weighted by molar-refractivity contribution is 0.436. The molecule has 0 unspecified atom stereocenters. The van der Waals surface area contributed by atoms with E-state index in [1.165, 1.54) is 11.6 Å². The molecule has 1 aromatic heterocycles. The Morgan fingerprint density at radius 3 is 2.52 bits per heavy atom. The van der Waals surface area contributed by atoms with E-state index >= 15 is 0 Å². The molecule has 108 valence electrons. The van der Waals surface area contributed by atoms with E-state index in [-0.39, 0.29) is 11.2 Å². The van der Waals surface area contributed by atoms with Gasteiger partial charge in [-0.1, -0.05) is 39.0 Å². The average molecular weight is 283 g/mol. The zero-order valence-corrected chi connectivity index (χ0v) is 12.4. The van der Waals surface area contributed by atoms with E-state index in [1.807, 2.05) is 12.1 Å². The van der Waals surface area contributed by atoms with Crippen LogP contribution in [-0.2, 0) is 5.41 Å². The van der Waals surface area contributed by atoms with Crippen molar-refractivity contribution in [3.05, 3.63) is 53.8 Å². The van der Waals surface area contributed by atoms with Gasteiger partial charge < -0.3 is 10.1 Å². The summed E-state index contributed by atoms with van der Waals surface area (Å²) in [4.78, 5) is 3.21. The van der Waals surface area contributed by atoms with Crippen molar-refractivity contribution in [3.8, 4) is 17.0 Å². The maximum atomic E-state index is 13.9. The summed E-state index contributed by atoms with van der Waals surface area (Å²) in [6.45, 7) is 6.49. The number of aromatic amines is 1. The third-order valence-electron chi connectivity index (χ3n) is 3.76. The Bertz CT molecular complexity index is 812. The van der Waals surface area contributed by atoms with Gasteiger partial charge in [-0.25, -0.2) is 4.39 Å². The number of phenols is 1. The molecule has 21 heavy (non-hydrogen) atoms. The molecule has 2 nitrogen and oxygen atoms in total. The van der Waals surface area contributed by atoms with Crippen LogP contribution in [0, 0.1) is 5.82 Å². The highest BCUT2D eigenvalue weighted by atomic mass is 19.1. The summed E-state index contributed by atoms with van der Waals surface area (Å²) < 4.78 is 13.9. The number of hydrogen-bond acceptors (Lipinski definition) is 1. The fourth-order valence-electron chi connectivity index (χ4n) is 2.47. The van der Waals surface area contributed by atoms with Crippen LogP contribution >= 0.6 is 0 Å². The molecule has 0 bridgehead atoms. The Morgan fingerprint density at radius 2 is 1.81 bits per heavy atom. The number of rotatable bonds is 1. The maximum Gasteiger partial charge on any atom is 0.174 e. The number of halogens is 1. The maximum absolute atomic E-state index is 13.9. The van der Waals surface area contributed by atoms with Crippen molar-refractivity contribution < 1.29 is 9.50 Å². The summed E-state index contributed by atoms with van der Waals surface area (Å²) in [5.41, 5.74) is 3.83. The SMILES string of the molecule is CC(C)(C)c1cccc(-c2cc3c(F)c(O)ccc3[nH]2)c1. The van der Waals surface area contributed by atoms with Crippen LogP contribution in [0.1, 0.15) is 26.3 Å². The Balaban J connectivity index is 2.15. The Kier molecular flexibility index (Phi) is 3.01. The van der Waals surface area contributed by atoms with E-state index < -0.39 is 5.82 Å². The zero-order chi connectivity index (χ0) is 15.2. The van der Waals surface area contributed by atoms with Crippen molar-refractivity contribution in [1.82, 2.24) is 4.98 Å². The van der Waals surface area contributed by atoms with Crippen molar-refractivity contribution in [2.75, 3.05) is 0 Å². The first-order chi connectivity index (χ1) is 9.86. The third-order valence-corrected chi connectivity index (χ3v) is 3.76. The van der Waals surface area contributed by atoms with Gasteiger partial charge in [-0.15, -0.1) is 0 Å². The van der Waals surface area contributed by atoms with Gasteiger partial charge in [0.15, 0.2) is 11.6 Å². The Morgan fingerprint density at radius 1 is 1.05 bits per heavy atom. The first kappa shape index (κ1) is 13.7. The molecule has 0 amide bonds. The third kappa shape index (κ3) is 2.40. The van der Waals surface area contributed by atoms with Crippen molar-refractivity contribution >= 4 is 10.9 Å². The molecule has 0 saturated heterocycles. The minimum absolute atomic E-state index is 0.0611. The molecule has 0 spiro atoms. The van der Waals surface area contributed by atoms with Gasteiger partial charge in [0, 0.05) is 16.6 Å². The summed E-state index contributed by atoms with van der Waals surface area (Å²) in [6, 6.07) is 13.0. The second-order valence-corrected chi connectivity index (χ2v) is 6.37. The lowest BCUT2D eigenvalue weighted by Gasteiger charge is -2.19. The Labute approximate surface area is 123 Å². The van der Waals surface area contributed by atoms with E-state index in [0.29, 0.717) is 10.9 Å². The number of fused-ring (bicyclic) bond motifs is 1. The molecule has 2 aromatic carbocycles. The lowest BCUT2D eigenvalue weighted by atomic mass is 9.86. The number of nitrogens with one attached hydrogen (secondary N) is 1. The number of aromatic nitrogens is 1. The summed E-state index contributed by atoms with van der Waals surface area (Å²) in [7, 11) is 0. The highest BCUT2D eigenvalue weighted by Crippen LogP contribution is 2.32. The topological polar surface area (TPSA) is 36.0 Å². The molecule has 0 atom stereocenters. The van der Waals surface area contributed by atoms with Gasteiger partial charge in [0.25, 0.3) is 0 Å². The normalized spacial score (nSPS) is 12.0. The number of hydrogen-bond donors (Lipinski definition) is 2. The molecule has 3 aromatic rings. The quantitative estimate of drug-likeness (QED) is 0.649. The summed E-state index contributed by atoms with van der Waals surface area (Å²) in [6.07, 6.45) is 0. The first-order valence-electron chi connectivity index (χ1n) is 6.97. The molecule has 0 radical (unpaired) electrons. The Hall–Kier alpha value is -2.29. The van der Waals surface area contributed by atoms with Crippen molar-refractivity contribution in [2.24, 2.45) is 0 Å². The van der Waals surface area contributed by atoms with Gasteiger partial charge >= 0.3 is 0 Å². The van der Waals surface area contributed by atoms with Crippen LogP contribution in [0.5, 0.6) is 5.75 Å². The predicted molar refractivity (Wildman–Crippen MR) is 84.1 cm³/mol. The van der Waals surface area contributed by atoms with Crippen LogP contribution in [0.2, 0.25) is 0 Å². The van der Waals surface area contributed by atoms with Crippen LogP contribution in [0.3, 0.4) is 0 Å². The van der Waals surface area contributed by atoms with E-state index in [0.717, 1.165) is 11.3 Å². The molecule has 0 aliphatic heterocycles. The molecule has 0 aliphatic rings. The zero-order valence-electron chi connectivity index (χ0n) is 12.4. The van der Waals surface area contributed by atoms with Gasteiger partial charge in [0.1, 0.15) is 0 Å². The molecule has 1 heterocycles. The van der Waals surface area contributed by atoms with Crippen molar-refractivity contribution in [1.29, 1.82) is 0 Å². The lowest BCUT2D eigenvalue weighted by Crippen LogP contribution is -2.10. The van der Waals surface area contributed by atoms with Gasteiger partial charge in [-0.2, -0.15) is 0 Å². The minimum Gasteiger partial charge on any atom is -0.505 e. The van der Waals surface area contributed by atoms with E-state index in [2.05, 4.69) is 37.9 Å². The number of benzene rings is 2. The second-order valence-electron chi connectivity index (χ2n) is 6.37. The largest absolute Gasteiger partial charge is 0.505 e. The summed E-state index contributed by atoms with van der Waals surface area (Å²) in [5.74, 6) is -0.904. The van der Waals surface area contributed by atoms with Gasteiger partial charge in [0.2, 0.25) is 0 Å². The molecule has 0 aliphatic carbocycles. The van der Waals surface area contributed by atoms with Crippen LogP contribution in [0.4, 0.5) is 4.39 Å². The van der Waals surface area contributed by atoms with Crippen molar-refractivity contribution in [3.63, 3.8) is 0 Å². The standard InChI is InChI=1S/C18H18FNO/c1-18(2,3)12-6-4-5-11(9-12)15-10-13-14(20-15)7-8-16(21)17(13)19/h4-10,20-21H,1-3H3. The molecular formula is C18H18FNO. The molecule has 0 fully saturated rings. The average Bonchev–Trinajstić information content (AvgIpc) is 2.87. The van der Waals surface area contributed by atoms with E-state index in [9.17, 15) is 9.50 Å². The number of H-pyrrole nitrogens is 1. The molecule has 3 heteroatoms. The van der Waals surface area contributed by atoms with Crippen LogP contribution in [-0.4, -0.2) is 10.1 Å². The van der Waals surface area contributed by atoms with Gasteiger partial charge in [0.05, 0.1) is 0 Å². The monoisotopic (exact) mass is 283 g/mol. The number of aromatic hydroxyl groups is 1. The van der Waals surface area contributed by atoms with Crippen LogP contribution < -0.4 is 0 Å². The summed E-state index contributed by atoms with van der Waals surface area (Å²) in [5, 5.41) is 9.87. The molecule has 3 rings (SSSR count). The van der Waals surface area contributed by atoms with Gasteiger partial charge in [-0.3, -0.25) is 0 Å². The highest BCUT2D eigenvalue weighted by molar-refractivity contribution is 5.87. The number of phenolic OH excluding ortho intramolecular Hbond substituents is 1. The summed E-state index contributed by atoms with van der Waals surface area (Å²) >= 11 is 0. The fraction of sp³-hybridized carbons (Fsp3) is 0.222. The van der Waals surface area contributed by atoms with E-state index in [4.69, 9.17) is 0 Å². The molecule has 2 N–H and O–H groups in total.